The molecule has 0 unspecified atom stereocenters. The molecule has 0 saturated heterocycles. The number of rotatable bonds is 0. The lowest BCUT2D eigenvalue weighted by molar-refractivity contribution is 0.937. The van der Waals surface area contributed by atoms with Gasteiger partial charge in [0.05, 0.1) is 0 Å². The van der Waals surface area contributed by atoms with Gasteiger partial charge in [0.15, 0.2) is 43.9 Å². The molecular weight excluding hydrogens is 568 g/mol. The predicted molar refractivity (Wildman–Crippen MR) is 139 cm³/mol. The number of amidine groups is 2. The van der Waals surface area contributed by atoms with E-state index >= 15 is 0 Å². The van der Waals surface area contributed by atoms with Crippen molar-refractivity contribution in [2.24, 2.45) is 20.0 Å². The Bertz CT molecular complexity index is 2080. The molecule has 7 heterocycles. The minimum absolute atomic E-state index is 0.00985. The molecule has 10 nitrogen and oxygen atoms in total. The maximum absolute atomic E-state index is 7.13. The van der Waals surface area contributed by atoms with E-state index in [2.05, 4.69) is 24.9 Å². The summed E-state index contributed by atoms with van der Waals surface area (Å²) in [4.78, 5) is 36.8. The van der Waals surface area contributed by atoms with Gasteiger partial charge < -0.3 is 8.96 Å². The van der Waals surface area contributed by atoms with E-state index < -0.39 is 6.40 Å². The summed E-state index contributed by atoms with van der Waals surface area (Å²) < 4.78 is 3.47. The van der Waals surface area contributed by atoms with Crippen LogP contribution < -0.4 is 11.0 Å². The highest BCUT2D eigenvalue weighted by Gasteiger charge is 2.37. The Morgan fingerprint density at radius 2 is 1.08 bits per heavy atom. The molecule has 0 radical (unpaired) electrons. The smallest absolute Gasteiger partial charge is 0.319 e. The van der Waals surface area contributed by atoms with Gasteiger partial charge in [0.1, 0.15) is 33.4 Å². The highest BCUT2D eigenvalue weighted by atomic mass is 35.5. The molecule has 36 heavy (non-hydrogen) atoms. The highest BCUT2D eigenvalue weighted by molar-refractivity contribution is 7.05. The van der Waals surface area contributed by atoms with Gasteiger partial charge in [-0.2, -0.15) is 0 Å². The third-order valence-corrected chi connectivity index (χ3v) is 7.71. The van der Waals surface area contributed by atoms with Crippen molar-refractivity contribution < 1.29 is 0 Å². The summed E-state index contributed by atoms with van der Waals surface area (Å²) in [5.74, 6) is 1.18. The van der Waals surface area contributed by atoms with Crippen LogP contribution in [0.2, 0.25) is 20.6 Å². The van der Waals surface area contributed by atoms with Gasteiger partial charge in [-0.3, -0.25) is 0 Å². The fourth-order valence-corrected chi connectivity index (χ4v) is 5.47. The largest absolute Gasteiger partial charge is 0.499 e. The molecule has 0 atom stereocenters. The van der Waals surface area contributed by atoms with Crippen molar-refractivity contribution in [1.29, 1.82) is 0 Å². The Labute approximate surface area is 224 Å². The third kappa shape index (κ3) is 2.56. The van der Waals surface area contributed by atoms with E-state index in [1.165, 1.54) is 0 Å². The van der Waals surface area contributed by atoms with E-state index in [4.69, 9.17) is 72.8 Å². The molecule has 0 N–H and O–H groups in total. The standard InChI is InChI=1S/C20H4BCl5N10/c22-11-12(23)28-8-7(27-11)15-31-16(8)33-19-9-10(30-14(25)13(24)29-9)20-34-18-6-4-2-1-3-5(6)17(32-15)35(18)21(26)36(19)20/h1-4H. The molecule has 4 bridgehead atoms. The summed E-state index contributed by atoms with van der Waals surface area (Å²) in [6, 6.07) is 7.69. The number of fused-ring (bicyclic) bond motifs is 10. The number of benzene rings is 1. The van der Waals surface area contributed by atoms with Crippen molar-refractivity contribution in [3.05, 3.63) is 67.2 Å². The van der Waals surface area contributed by atoms with Gasteiger partial charge in [-0.05, 0) is 0 Å². The first kappa shape index (κ1) is 21.0. The third-order valence-electron chi connectivity index (χ3n) is 6.07. The SMILES string of the molecule is ClB1n2c3c4nc(Cl)c(Cl)nc4c2N=c2c4ccccc4c(n21)=NC1=NC(=N3)c2nc(Cl)c(Cl)nc21. The Morgan fingerprint density at radius 3 is 1.69 bits per heavy atom. The number of aliphatic imine (C=N–C) groups is 2. The second kappa shape index (κ2) is 7.02. The first-order chi connectivity index (χ1) is 17.4. The zero-order chi connectivity index (χ0) is 24.5. The van der Waals surface area contributed by atoms with Crippen molar-refractivity contribution in [1.82, 2.24) is 28.9 Å². The summed E-state index contributed by atoms with van der Waals surface area (Å²) >= 11 is 32.0. The summed E-state index contributed by atoms with van der Waals surface area (Å²) in [5.41, 5.74) is 2.47. The number of nitrogens with zero attached hydrogens (tertiary/aromatic N) is 10. The van der Waals surface area contributed by atoms with Gasteiger partial charge >= 0.3 is 6.40 Å². The molecule has 0 aliphatic carbocycles. The maximum atomic E-state index is 7.13. The van der Waals surface area contributed by atoms with E-state index in [-0.39, 0.29) is 32.3 Å². The van der Waals surface area contributed by atoms with Crippen molar-refractivity contribution >= 4 is 109 Å². The van der Waals surface area contributed by atoms with E-state index in [0.29, 0.717) is 45.0 Å². The normalized spacial score (nSPS) is 15.0. The van der Waals surface area contributed by atoms with Gasteiger partial charge in [0.25, 0.3) is 0 Å². The average Bonchev–Trinajstić information content (AvgIpc) is 3.45. The Hall–Kier alpha value is -3.09. The number of hydrogen-bond acceptors (Lipinski definition) is 8. The van der Waals surface area contributed by atoms with Crippen molar-refractivity contribution in [2.45, 2.75) is 0 Å². The molecule has 0 fully saturated rings. The van der Waals surface area contributed by atoms with E-state index in [0.717, 1.165) is 10.8 Å². The van der Waals surface area contributed by atoms with E-state index in [1.807, 2.05) is 24.3 Å². The molecule has 0 amide bonds. The molecule has 172 valence electrons. The predicted octanol–water partition coefficient (Wildman–Crippen LogP) is 4.15. The lowest BCUT2D eigenvalue weighted by Crippen LogP contribution is -2.45. The minimum atomic E-state index is -0.833. The first-order valence-corrected chi connectivity index (χ1v) is 12.2. The van der Waals surface area contributed by atoms with E-state index in [9.17, 15) is 0 Å². The summed E-state index contributed by atoms with van der Waals surface area (Å²) in [6.07, 6.45) is -0.833. The number of aromatic nitrogens is 6. The van der Waals surface area contributed by atoms with Crippen LogP contribution in [0.15, 0.2) is 44.2 Å². The zero-order valence-corrected chi connectivity index (χ0v) is 21.0. The number of hydrogen-bond donors (Lipinski definition) is 0. The van der Waals surface area contributed by atoms with Crippen molar-refractivity contribution in [3.8, 4) is 0 Å². The lowest BCUT2D eigenvalue weighted by Gasteiger charge is -2.17. The Balaban J connectivity index is 1.66. The molecule has 3 aliphatic rings. The molecule has 8 rings (SSSR count). The second-order valence-corrected chi connectivity index (χ2v) is 9.81. The molecule has 1 aromatic carbocycles. The summed E-state index contributed by atoms with van der Waals surface area (Å²) in [5, 5.41) is 1.72. The van der Waals surface area contributed by atoms with Gasteiger partial charge in [-0.25, -0.2) is 39.9 Å². The van der Waals surface area contributed by atoms with Crippen LogP contribution >= 0.6 is 57.9 Å². The molecule has 16 heteroatoms. The fourth-order valence-electron chi connectivity index (χ4n) is 4.60. The maximum Gasteiger partial charge on any atom is 0.499 e. The molecule has 3 aliphatic heterocycles. The van der Waals surface area contributed by atoms with Crippen LogP contribution in [-0.2, 0) is 0 Å². The second-order valence-electron chi connectivity index (χ2n) is 7.99. The van der Waals surface area contributed by atoms with Crippen molar-refractivity contribution in [2.75, 3.05) is 0 Å². The molecular formula is C20H4BCl5N10. The van der Waals surface area contributed by atoms with Gasteiger partial charge in [-0.1, -0.05) is 70.7 Å². The summed E-state index contributed by atoms with van der Waals surface area (Å²) in [7, 11) is 0. The van der Waals surface area contributed by atoms with Crippen LogP contribution in [0.4, 0.5) is 11.6 Å². The van der Waals surface area contributed by atoms with Crippen LogP contribution in [0, 0.1) is 0 Å². The molecule has 0 spiro atoms. The van der Waals surface area contributed by atoms with Gasteiger partial charge in [0.2, 0.25) is 0 Å². The Kier molecular flexibility index (Phi) is 4.10. The topological polar surface area (TPSA) is 111 Å². The fraction of sp³-hybridized carbons (Fsp3) is 0. The van der Waals surface area contributed by atoms with Crippen LogP contribution in [0.5, 0.6) is 0 Å². The summed E-state index contributed by atoms with van der Waals surface area (Å²) in [6.45, 7) is 0. The molecule has 4 aromatic heterocycles. The van der Waals surface area contributed by atoms with E-state index in [1.54, 1.807) is 8.96 Å². The lowest BCUT2D eigenvalue weighted by atomic mass is 10.1. The minimum Gasteiger partial charge on any atom is -0.319 e. The first-order valence-electron chi connectivity index (χ1n) is 10.3. The van der Waals surface area contributed by atoms with Crippen LogP contribution in [0.3, 0.4) is 0 Å². The van der Waals surface area contributed by atoms with Crippen LogP contribution in [0.25, 0.3) is 21.8 Å². The van der Waals surface area contributed by atoms with Crippen LogP contribution in [-0.4, -0.2) is 47.0 Å². The quantitative estimate of drug-likeness (QED) is 0.260. The monoisotopic (exact) mass is 570 g/mol. The molecule has 0 saturated carbocycles. The van der Waals surface area contributed by atoms with Crippen LogP contribution in [0.1, 0.15) is 11.4 Å². The van der Waals surface area contributed by atoms with Crippen molar-refractivity contribution in [3.63, 3.8) is 0 Å². The Morgan fingerprint density at radius 1 is 0.583 bits per heavy atom. The number of halogens is 5. The average molecular weight is 572 g/mol. The highest BCUT2D eigenvalue weighted by Crippen LogP contribution is 2.41. The molecule has 5 aromatic rings. The zero-order valence-electron chi connectivity index (χ0n) is 17.2. The van der Waals surface area contributed by atoms with Gasteiger partial charge in [-0.15, -0.1) is 11.5 Å². The van der Waals surface area contributed by atoms with Gasteiger partial charge in [0, 0.05) is 10.8 Å².